The van der Waals surface area contributed by atoms with Gasteiger partial charge in [0.05, 0.1) is 5.56 Å². The number of amides is 1. The summed E-state index contributed by atoms with van der Waals surface area (Å²) < 4.78 is 2.01. The Morgan fingerprint density at radius 1 is 1.40 bits per heavy atom. The molecule has 4 nitrogen and oxygen atoms in total. The minimum Gasteiger partial charge on any atom is -0.349 e. The summed E-state index contributed by atoms with van der Waals surface area (Å²) in [5.74, 6) is 0.0212. The molecule has 1 aromatic heterocycles. The van der Waals surface area contributed by atoms with E-state index in [-0.39, 0.29) is 11.9 Å². The summed E-state index contributed by atoms with van der Waals surface area (Å²) in [6.07, 6.45) is 5.60. The third kappa shape index (κ3) is 2.58. The summed E-state index contributed by atoms with van der Waals surface area (Å²) in [7, 11) is 0. The molecular formula is C15H17N3OS. The van der Waals surface area contributed by atoms with Crippen LogP contribution in [0.15, 0.2) is 41.4 Å². The minimum atomic E-state index is 0.0212. The van der Waals surface area contributed by atoms with Crippen LogP contribution in [0.3, 0.4) is 0 Å². The molecule has 1 aliphatic rings. The zero-order valence-corrected chi connectivity index (χ0v) is 12.2. The van der Waals surface area contributed by atoms with Gasteiger partial charge in [0.1, 0.15) is 0 Å². The van der Waals surface area contributed by atoms with E-state index >= 15 is 0 Å². The lowest BCUT2D eigenvalue weighted by molar-refractivity contribution is 0.0927. The highest BCUT2D eigenvalue weighted by Crippen LogP contribution is 2.20. The first-order valence-electron chi connectivity index (χ1n) is 6.72. The summed E-state index contributed by atoms with van der Waals surface area (Å²) in [4.78, 5) is 13.4. The third-order valence-electron chi connectivity index (χ3n) is 3.64. The topological polar surface area (TPSA) is 46.9 Å². The van der Waals surface area contributed by atoms with Crippen molar-refractivity contribution >= 4 is 17.7 Å². The van der Waals surface area contributed by atoms with Crippen LogP contribution in [0.2, 0.25) is 0 Å². The van der Waals surface area contributed by atoms with E-state index < -0.39 is 0 Å². The van der Waals surface area contributed by atoms with Gasteiger partial charge in [-0.2, -0.15) is 5.10 Å². The molecule has 2 heterocycles. The number of hydrogen-bond acceptors (Lipinski definition) is 3. The van der Waals surface area contributed by atoms with Gasteiger partial charge in [-0.05, 0) is 30.9 Å². The molecule has 5 heteroatoms. The number of thioether (sulfide) groups is 1. The van der Waals surface area contributed by atoms with E-state index in [9.17, 15) is 4.79 Å². The second-order valence-electron chi connectivity index (χ2n) is 4.91. The average molecular weight is 287 g/mol. The Bertz CT molecular complexity index is 623. The van der Waals surface area contributed by atoms with Gasteiger partial charge in [0, 0.05) is 35.8 Å². The predicted molar refractivity (Wildman–Crippen MR) is 80.0 cm³/mol. The maximum Gasteiger partial charge on any atom is 0.252 e. The highest BCUT2D eigenvalue weighted by atomic mass is 32.2. The summed E-state index contributed by atoms with van der Waals surface area (Å²) in [5, 5.41) is 7.40. The highest BCUT2D eigenvalue weighted by Gasteiger charge is 2.21. The molecule has 1 aromatic carbocycles. The molecule has 1 N–H and O–H groups in total. The third-order valence-corrected chi connectivity index (χ3v) is 4.43. The van der Waals surface area contributed by atoms with Crippen LogP contribution < -0.4 is 5.32 Å². The summed E-state index contributed by atoms with van der Waals surface area (Å²) in [5.41, 5.74) is 1.96. The SMILES string of the molecule is CSc1ccccc1C(=O)N[C@@H]1CCn2nccc2C1. The molecule has 0 aliphatic carbocycles. The maximum atomic E-state index is 12.4. The monoisotopic (exact) mass is 287 g/mol. The van der Waals surface area contributed by atoms with E-state index in [1.807, 2.05) is 47.5 Å². The number of carbonyl (C=O) groups is 1. The zero-order valence-electron chi connectivity index (χ0n) is 11.4. The lowest BCUT2D eigenvalue weighted by Gasteiger charge is -2.24. The fraction of sp³-hybridized carbons (Fsp3) is 0.333. The zero-order chi connectivity index (χ0) is 13.9. The molecule has 1 amide bonds. The van der Waals surface area contributed by atoms with Gasteiger partial charge in [-0.3, -0.25) is 9.48 Å². The van der Waals surface area contributed by atoms with Crippen LogP contribution in [0.5, 0.6) is 0 Å². The van der Waals surface area contributed by atoms with Crippen LogP contribution in [0, 0.1) is 0 Å². The molecule has 0 radical (unpaired) electrons. The lowest BCUT2D eigenvalue weighted by Crippen LogP contribution is -2.40. The van der Waals surface area contributed by atoms with Crippen LogP contribution in [0.25, 0.3) is 0 Å². The van der Waals surface area contributed by atoms with Crippen molar-refractivity contribution < 1.29 is 4.79 Å². The summed E-state index contributed by atoms with van der Waals surface area (Å²) in [6, 6.07) is 9.95. The second-order valence-corrected chi connectivity index (χ2v) is 5.76. The van der Waals surface area contributed by atoms with Crippen molar-refractivity contribution in [2.45, 2.75) is 30.3 Å². The van der Waals surface area contributed by atoms with E-state index in [4.69, 9.17) is 0 Å². The molecule has 0 fully saturated rings. The second kappa shape index (κ2) is 5.71. The molecule has 0 unspecified atom stereocenters. The van der Waals surface area contributed by atoms with Crippen molar-refractivity contribution in [3.05, 3.63) is 47.8 Å². The fourth-order valence-corrected chi connectivity index (χ4v) is 3.18. The van der Waals surface area contributed by atoms with Gasteiger partial charge in [-0.1, -0.05) is 12.1 Å². The van der Waals surface area contributed by atoms with Crippen LogP contribution in [0.4, 0.5) is 0 Å². The van der Waals surface area contributed by atoms with Gasteiger partial charge in [0.2, 0.25) is 0 Å². The average Bonchev–Trinajstić information content (AvgIpc) is 2.94. The molecule has 1 aliphatic heterocycles. The van der Waals surface area contributed by atoms with Gasteiger partial charge in [0.25, 0.3) is 5.91 Å². The van der Waals surface area contributed by atoms with Crippen molar-refractivity contribution in [2.24, 2.45) is 0 Å². The standard InChI is InChI=1S/C15H17N3OS/c1-20-14-5-3-2-4-13(14)15(19)17-11-7-9-18-12(10-11)6-8-16-18/h2-6,8,11H,7,9-10H2,1H3,(H,17,19)/t11-/m1/s1. The molecule has 0 spiro atoms. The molecular weight excluding hydrogens is 270 g/mol. The van der Waals surface area contributed by atoms with Crippen LogP contribution in [0.1, 0.15) is 22.5 Å². The molecule has 0 saturated heterocycles. The van der Waals surface area contributed by atoms with Gasteiger partial charge in [-0.15, -0.1) is 11.8 Å². The summed E-state index contributed by atoms with van der Waals surface area (Å²) >= 11 is 1.60. The number of nitrogens with one attached hydrogen (secondary N) is 1. The molecule has 2 aromatic rings. The van der Waals surface area contributed by atoms with E-state index in [1.54, 1.807) is 11.8 Å². The first-order valence-corrected chi connectivity index (χ1v) is 7.95. The van der Waals surface area contributed by atoms with Crippen molar-refractivity contribution in [2.75, 3.05) is 6.26 Å². The Balaban J connectivity index is 1.71. The Morgan fingerprint density at radius 2 is 2.25 bits per heavy atom. The van der Waals surface area contributed by atoms with Crippen molar-refractivity contribution in [1.29, 1.82) is 0 Å². The number of aryl methyl sites for hydroxylation is 1. The maximum absolute atomic E-state index is 12.4. The lowest BCUT2D eigenvalue weighted by atomic mass is 10.0. The first kappa shape index (κ1) is 13.2. The van der Waals surface area contributed by atoms with Gasteiger partial charge >= 0.3 is 0 Å². The van der Waals surface area contributed by atoms with Gasteiger partial charge in [0.15, 0.2) is 0 Å². The van der Waals surface area contributed by atoms with E-state index in [0.29, 0.717) is 0 Å². The van der Waals surface area contributed by atoms with Gasteiger partial charge in [-0.25, -0.2) is 0 Å². The first-order chi connectivity index (χ1) is 9.78. The van der Waals surface area contributed by atoms with E-state index in [2.05, 4.69) is 10.4 Å². The molecule has 20 heavy (non-hydrogen) atoms. The molecule has 0 saturated carbocycles. The number of fused-ring (bicyclic) bond motifs is 1. The number of rotatable bonds is 3. The molecule has 104 valence electrons. The molecule has 3 rings (SSSR count). The number of aromatic nitrogens is 2. The Morgan fingerprint density at radius 3 is 3.10 bits per heavy atom. The van der Waals surface area contributed by atoms with Crippen LogP contribution >= 0.6 is 11.8 Å². The quantitative estimate of drug-likeness (QED) is 0.882. The van der Waals surface area contributed by atoms with Gasteiger partial charge < -0.3 is 5.32 Å². The smallest absolute Gasteiger partial charge is 0.252 e. The van der Waals surface area contributed by atoms with Crippen molar-refractivity contribution in [3.63, 3.8) is 0 Å². The number of carbonyl (C=O) groups excluding carboxylic acids is 1. The number of hydrogen-bond donors (Lipinski definition) is 1. The molecule has 1 atom stereocenters. The van der Waals surface area contributed by atoms with E-state index in [0.717, 1.165) is 29.8 Å². The normalized spacial score (nSPS) is 17.6. The number of nitrogens with zero attached hydrogens (tertiary/aromatic N) is 2. The van der Waals surface area contributed by atoms with Crippen molar-refractivity contribution in [1.82, 2.24) is 15.1 Å². The van der Waals surface area contributed by atoms with Crippen LogP contribution in [-0.4, -0.2) is 28.0 Å². The van der Waals surface area contributed by atoms with E-state index in [1.165, 1.54) is 5.69 Å². The fourth-order valence-electron chi connectivity index (χ4n) is 2.59. The summed E-state index contributed by atoms with van der Waals surface area (Å²) in [6.45, 7) is 0.872. The number of benzene rings is 1. The van der Waals surface area contributed by atoms with Crippen molar-refractivity contribution in [3.8, 4) is 0 Å². The minimum absolute atomic E-state index is 0.0212. The highest BCUT2D eigenvalue weighted by molar-refractivity contribution is 7.98. The predicted octanol–water partition coefficient (Wildman–Crippen LogP) is 2.35. The Kier molecular flexibility index (Phi) is 3.78. The largest absolute Gasteiger partial charge is 0.349 e. The van der Waals surface area contributed by atoms with Crippen LogP contribution in [-0.2, 0) is 13.0 Å². The Labute approximate surface area is 122 Å². The Hall–Kier alpha value is -1.75. The molecule has 0 bridgehead atoms.